The standard InChI is InChI=1S/C11H11IN4O2/c1-7-10(16(17)18)11(13)15(14-7)6-8-2-4-9(12)5-3-8/h2-5H,6,13H2,1H3. The number of nitrogens with two attached hydrogens (primary N) is 1. The van der Waals surface area contributed by atoms with Crippen LogP contribution in [0.25, 0.3) is 0 Å². The molecule has 0 atom stereocenters. The number of benzene rings is 1. The van der Waals surface area contributed by atoms with Gasteiger partial charge in [-0.15, -0.1) is 0 Å². The Morgan fingerprint density at radius 1 is 1.44 bits per heavy atom. The fourth-order valence-corrected chi connectivity index (χ4v) is 2.06. The molecule has 94 valence electrons. The number of hydrogen-bond acceptors (Lipinski definition) is 4. The van der Waals surface area contributed by atoms with Crippen molar-refractivity contribution in [1.29, 1.82) is 0 Å². The molecule has 0 spiro atoms. The highest BCUT2D eigenvalue weighted by Crippen LogP contribution is 2.25. The Labute approximate surface area is 117 Å². The van der Waals surface area contributed by atoms with E-state index in [0.717, 1.165) is 9.13 Å². The van der Waals surface area contributed by atoms with Crippen LogP contribution in [0.5, 0.6) is 0 Å². The topological polar surface area (TPSA) is 87.0 Å². The number of hydrogen-bond donors (Lipinski definition) is 1. The van der Waals surface area contributed by atoms with Gasteiger partial charge in [-0.1, -0.05) is 12.1 Å². The van der Waals surface area contributed by atoms with Crippen molar-refractivity contribution >= 4 is 34.1 Å². The van der Waals surface area contributed by atoms with Gasteiger partial charge < -0.3 is 5.73 Å². The van der Waals surface area contributed by atoms with Crippen LogP contribution in [0, 0.1) is 20.6 Å². The van der Waals surface area contributed by atoms with Gasteiger partial charge >= 0.3 is 5.69 Å². The quantitative estimate of drug-likeness (QED) is 0.518. The van der Waals surface area contributed by atoms with Crippen molar-refractivity contribution < 1.29 is 4.92 Å². The van der Waals surface area contributed by atoms with E-state index in [4.69, 9.17) is 5.73 Å². The summed E-state index contributed by atoms with van der Waals surface area (Å²) >= 11 is 2.22. The maximum Gasteiger partial charge on any atom is 0.333 e. The van der Waals surface area contributed by atoms with Gasteiger partial charge in [0.25, 0.3) is 0 Å². The maximum atomic E-state index is 10.8. The maximum absolute atomic E-state index is 10.8. The van der Waals surface area contributed by atoms with Gasteiger partial charge in [0, 0.05) is 3.57 Å². The summed E-state index contributed by atoms with van der Waals surface area (Å²) in [5.74, 6) is 0.0936. The second-order valence-corrected chi connectivity index (χ2v) is 5.11. The summed E-state index contributed by atoms with van der Waals surface area (Å²) < 4.78 is 2.59. The lowest BCUT2D eigenvalue weighted by molar-refractivity contribution is -0.384. The van der Waals surface area contributed by atoms with E-state index in [1.807, 2.05) is 24.3 Å². The second-order valence-electron chi connectivity index (χ2n) is 3.86. The van der Waals surface area contributed by atoms with Crippen LogP contribution >= 0.6 is 22.6 Å². The molecule has 18 heavy (non-hydrogen) atoms. The minimum atomic E-state index is -0.498. The number of rotatable bonds is 3. The number of nitrogens with zero attached hydrogens (tertiary/aromatic N) is 3. The average Bonchev–Trinajstić information content (AvgIpc) is 2.57. The lowest BCUT2D eigenvalue weighted by Crippen LogP contribution is -2.06. The SMILES string of the molecule is Cc1nn(Cc2ccc(I)cc2)c(N)c1[N+](=O)[O-]. The molecule has 0 amide bonds. The fraction of sp³-hybridized carbons (Fsp3) is 0.182. The van der Waals surface area contributed by atoms with Gasteiger partial charge in [-0.05, 0) is 47.2 Å². The summed E-state index contributed by atoms with van der Waals surface area (Å²) in [7, 11) is 0. The molecular weight excluding hydrogens is 347 g/mol. The lowest BCUT2D eigenvalue weighted by atomic mass is 10.2. The van der Waals surface area contributed by atoms with Crippen molar-refractivity contribution in [1.82, 2.24) is 9.78 Å². The summed E-state index contributed by atoms with van der Waals surface area (Å²) in [6, 6.07) is 7.84. The lowest BCUT2D eigenvalue weighted by Gasteiger charge is -2.03. The minimum absolute atomic E-state index is 0.0936. The zero-order chi connectivity index (χ0) is 13.3. The van der Waals surface area contributed by atoms with Gasteiger partial charge in [0.1, 0.15) is 5.69 Å². The highest BCUT2D eigenvalue weighted by Gasteiger charge is 2.22. The Hall–Kier alpha value is -1.64. The molecule has 1 aromatic carbocycles. The summed E-state index contributed by atoms with van der Waals surface area (Å²) in [6.07, 6.45) is 0. The molecule has 0 aliphatic rings. The van der Waals surface area contributed by atoms with Crippen molar-refractivity contribution in [3.05, 3.63) is 49.2 Å². The average molecular weight is 358 g/mol. The zero-order valence-corrected chi connectivity index (χ0v) is 11.8. The normalized spacial score (nSPS) is 10.6. The van der Waals surface area contributed by atoms with Crippen LogP contribution in [0.1, 0.15) is 11.3 Å². The first-order valence-electron chi connectivity index (χ1n) is 5.20. The highest BCUT2D eigenvalue weighted by molar-refractivity contribution is 14.1. The summed E-state index contributed by atoms with van der Waals surface area (Å²) in [5.41, 5.74) is 6.97. The van der Waals surface area contributed by atoms with E-state index >= 15 is 0 Å². The van der Waals surface area contributed by atoms with Crippen LogP contribution in [-0.2, 0) is 6.54 Å². The first-order chi connectivity index (χ1) is 8.49. The van der Waals surface area contributed by atoms with Crippen molar-refractivity contribution in [2.45, 2.75) is 13.5 Å². The molecule has 6 nitrogen and oxygen atoms in total. The molecule has 0 saturated heterocycles. The van der Waals surface area contributed by atoms with Crippen molar-refractivity contribution in [2.75, 3.05) is 5.73 Å². The van der Waals surface area contributed by atoms with E-state index in [1.54, 1.807) is 6.92 Å². The molecule has 0 fully saturated rings. The molecule has 0 unspecified atom stereocenters. The predicted octanol–water partition coefficient (Wildman–Crippen LogP) is 2.33. The molecule has 0 aliphatic carbocycles. The largest absolute Gasteiger partial charge is 0.378 e. The monoisotopic (exact) mass is 358 g/mol. The van der Waals surface area contributed by atoms with Crippen LogP contribution in [0.15, 0.2) is 24.3 Å². The third-order valence-corrected chi connectivity index (χ3v) is 3.28. The second kappa shape index (κ2) is 4.92. The van der Waals surface area contributed by atoms with Gasteiger partial charge in [-0.2, -0.15) is 5.10 Å². The Morgan fingerprint density at radius 3 is 2.56 bits per heavy atom. The minimum Gasteiger partial charge on any atom is -0.378 e. The van der Waals surface area contributed by atoms with E-state index in [1.165, 1.54) is 4.68 Å². The van der Waals surface area contributed by atoms with Gasteiger partial charge in [-0.25, -0.2) is 4.68 Å². The molecule has 2 N–H and O–H groups in total. The van der Waals surface area contributed by atoms with Crippen molar-refractivity contribution in [2.24, 2.45) is 0 Å². The Kier molecular flexibility index (Phi) is 3.50. The molecule has 0 bridgehead atoms. The zero-order valence-electron chi connectivity index (χ0n) is 9.63. The van der Waals surface area contributed by atoms with E-state index < -0.39 is 4.92 Å². The fourth-order valence-electron chi connectivity index (χ4n) is 1.70. The van der Waals surface area contributed by atoms with E-state index in [2.05, 4.69) is 27.7 Å². The smallest absolute Gasteiger partial charge is 0.333 e. The summed E-state index contributed by atoms with van der Waals surface area (Å²) in [4.78, 5) is 10.3. The molecule has 7 heteroatoms. The highest BCUT2D eigenvalue weighted by atomic mass is 127. The molecule has 1 heterocycles. The van der Waals surface area contributed by atoms with Gasteiger partial charge in [0.15, 0.2) is 0 Å². The molecular formula is C11H11IN4O2. The first-order valence-corrected chi connectivity index (χ1v) is 6.28. The van der Waals surface area contributed by atoms with Crippen molar-refractivity contribution in [3.8, 4) is 0 Å². The number of aryl methyl sites for hydroxylation is 1. The van der Waals surface area contributed by atoms with Crippen LogP contribution in [0.3, 0.4) is 0 Å². The molecule has 2 aromatic rings. The molecule has 0 radical (unpaired) electrons. The number of anilines is 1. The summed E-state index contributed by atoms with van der Waals surface area (Å²) in [6.45, 7) is 2.01. The third kappa shape index (κ3) is 2.45. The van der Waals surface area contributed by atoms with Gasteiger partial charge in [-0.3, -0.25) is 10.1 Å². The van der Waals surface area contributed by atoms with Gasteiger partial charge in [0.05, 0.1) is 11.5 Å². The third-order valence-electron chi connectivity index (χ3n) is 2.56. The van der Waals surface area contributed by atoms with E-state index in [-0.39, 0.29) is 11.5 Å². The number of aromatic nitrogens is 2. The van der Waals surface area contributed by atoms with Crippen molar-refractivity contribution in [3.63, 3.8) is 0 Å². The van der Waals surface area contributed by atoms with E-state index in [9.17, 15) is 10.1 Å². The van der Waals surface area contributed by atoms with Crippen LogP contribution in [0.4, 0.5) is 11.5 Å². The van der Waals surface area contributed by atoms with Crippen LogP contribution in [0.2, 0.25) is 0 Å². The van der Waals surface area contributed by atoms with Gasteiger partial charge in [0.2, 0.25) is 5.82 Å². The summed E-state index contributed by atoms with van der Waals surface area (Å²) in [5, 5.41) is 14.9. The predicted molar refractivity (Wildman–Crippen MR) is 76.3 cm³/mol. The molecule has 1 aromatic heterocycles. The Morgan fingerprint density at radius 2 is 2.06 bits per heavy atom. The van der Waals surface area contributed by atoms with E-state index in [0.29, 0.717) is 12.2 Å². The first kappa shape index (κ1) is 12.8. The Bertz CT molecular complexity index is 592. The number of nitrogen functional groups attached to an aromatic ring is 1. The molecule has 0 aliphatic heterocycles. The Balaban J connectivity index is 2.33. The number of halogens is 1. The number of nitro groups is 1. The molecule has 0 saturated carbocycles. The molecule has 2 rings (SSSR count). The van der Waals surface area contributed by atoms with Crippen LogP contribution < -0.4 is 5.73 Å². The van der Waals surface area contributed by atoms with Crippen LogP contribution in [-0.4, -0.2) is 14.7 Å².